The highest BCUT2D eigenvalue weighted by Gasteiger charge is 2.04. The lowest BCUT2D eigenvalue weighted by Crippen LogP contribution is -2.12. The first-order valence-electron chi connectivity index (χ1n) is 6.14. The molecule has 1 aromatic heterocycles. The highest BCUT2D eigenvalue weighted by Crippen LogP contribution is 2.21. The van der Waals surface area contributed by atoms with Crippen molar-refractivity contribution in [1.82, 2.24) is 10.2 Å². The fourth-order valence-electron chi connectivity index (χ4n) is 1.60. The van der Waals surface area contributed by atoms with Crippen molar-refractivity contribution in [2.45, 2.75) is 25.2 Å². The van der Waals surface area contributed by atoms with Crippen LogP contribution in [-0.4, -0.2) is 21.9 Å². The lowest BCUT2D eigenvalue weighted by atomic mass is 10.1. The van der Waals surface area contributed by atoms with Gasteiger partial charge in [0.1, 0.15) is 5.82 Å². The number of benzene rings is 1. The molecule has 0 unspecified atom stereocenters. The Bertz CT molecular complexity index is 552. The van der Waals surface area contributed by atoms with Crippen LogP contribution in [0.25, 0.3) is 0 Å². The minimum atomic E-state index is 0.000540. The molecule has 5 heteroatoms. The van der Waals surface area contributed by atoms with Crippen LogP contribution in [0.4, 0.5) is 5.82 Å². The van der Waals surface area contributed by atoms with E-state index in [4.69, 9.17) is 0 Å². The van der Waals surface area contributed by atoms with E-state index in [1.165, 1.54) is 16.0 Å². The average molecular weight is 275 g/mol. The molecule has 19 heavy (non-hydrogen) atoms. The predicted molar refractivity (Wildman–Crippen MR) is 78.5 cm³/mol. The van der Waals surface area contributed by atoms with Gasteiger partial charge < -0.3 is 5.32 Å². The summed E-state index contributed by atoms with van der Waals surface area (Å²) in [5.74, 6) is 1.41. The molecule has 1 heterocycles. The number of aromatic nitrogens is 2. The third kappa shape index (κ3) is 4.13. The molecule has 0 aliphatic carbocycles. The summed E-state index contributed by atoms with van der Waals surface area (Å²) in [5, 5.41) is 9.24. The van der Waals surface area contributed by atoms with E-state index in [2.05, 4.69) is 47.6 Å². The second kappa shape index (κ2) is 6.43. The molecule has 0 saturated heterocycles. The zero-order chi connectivity index (χ0) is 13.7. The maximum absolute atomic E-state index is 11.6. The lowest BCUT2D eigenvalue weighted by molar-refractivity contribution is -0.115. The first-order valence-corrected chi connectivity index (χ1v) is 7.13. The molecule has 0 atom stereocenters. The maximum Gasteiger partial charge on any atom is 0.226 e. The number of carbonyl (C=O) groups is 1. The van der Waals surface area contributed by atoms with Crippen LogP contribution in [0.2, 0.25) is 0 Å². The normalized spacial score (nSPS) is 10.4. The standard InChI is InChI=1S/C14H17N3OS/c1-10-3-4-12(9-11(10)2)19-8-6-14(18)16-13-5-7-15-17-13/h3-5,7,9H,6,8H2,1-2H3,(H2,15,16,17,18). The molecule has 1 aromatic carbocycles. The predicted octanol–water partition coefficient (Wildman–Crippen LogP) is 3.15. The van der Waals surface area contributed by atoms with Gasteiger partial charge in [-0.3, -0.25) is 9.89 Å². The highest BCUT2D eigenvalue weighted by molar-refractivity contribution is 7.99. The number of carbonyl (C=O) groups excluding carboxylic acids is 1. The van der Waals surface area contributed by atoms with Crippen molar-refractivity contribution in [3.05, 3.63) is 41.6 Å². The van der Waals surface area contributed by atoms with Gasteiger partial charge in [0.25, 0.3) is 0 Å². The summed E-state index contributed by atoms with van der Waals surface area (Å²) < 4.78 is 0. The van der Waals surface area contributed by atoms with Crippen LogP contribution in [-0.2, 0) is 4.79 Å². The van der Waals surface area contributed by atoms with Gasteiger partial charge in [0.2, 0.25) is 5.91 Å². The fraction of sp³-hybridized carbons (Fsp3) is 0.286. The Morgan fingerprint density at radius 3 is 2.84 bits per heavy atom. The zero-order valence-corrected chi connectivity index (χ0v) is 11.9. The minimum Gasteiger partial charge on any atom is -0.311 e. The van der Waals surface area contributed by atoms with Gasteiger partial charge in [0, 0.05) is 23.1 Å². The Kier molecular flexibility index (Phi) is 4.63. The van der Waals surface area contributed by atoms with E-state index >= 15 is 0 Å². The van der Waals surface area contributed by atoms with Crippen LogP contribution < -0.4 is 5.32 Å². The molecule has 0 spiro atoms. The topological polar surface area (TPSA) is 57.8 Å². The second-order valence-corrected chi connectivity index (χ2v) is 5.53. The Labute approximate surface area is 117 Å². The quantitative estimate of drug-likeness (QED) is 0.824. The van der Waals surface area contributed by atoms with Gasteiger partial charge in [-0.2, -0.15) is 5.10 Å². The number of aryl methyl sites for hydroxylation is 2. The number of nitrogens with one attached hydrogen (secondary N) is 2. The van der Waals surface area contributed by atoms with E-state index in [0.29, 0.717) is 12.2 Å². The van der Waals surface area contributed by atoms with Crippen LogP contribution in [0.1, 0.15) is 17.5 Å². The summed E-state index contributed by atoms with van der Waals surface area (Å²) in [6.45, 7) is 4.20. The number of anilines is 1. The van der Waals surface area contributed by atoms with Crippen LogP contribution in [0, 0.1) is 13.8 Å². The Hall–Kier alpha value is -1.75. The first kappa shape index (κ1) is 13.7. The van der Waals surface area contributed by atoms with Gasteiger partial charge in [-0.25, -0.2) is 0 Å². The zero-order valence-electron chi connectivity index (χ0n) is 11.1. The Morgan fingerprint density at radius 2 is 2.16 bits per heavy atom. The third-order valence-corrected chi connectivity index (χ3v) is 3.85. The van der Waals surface area contributed by atoms with Gasteiger partial charge in [-0.15, -0.1) is 11.8 Å². The summed E-state index contributed by atoms with van der Waals surface area (Å²) in [6.07, 6.45) is 2.09. The van der Waals surface area contributed by atoms with Gasteiger partial charge in [0.15, 0.2) is 0 Å². The van der Waals surface area contributed by atoms with Gasteiger partial charge in [0.05, 0.1) is 6.20 Å². The highest BCUT2D eigenvalue weighted by atomic mass is 32.2. The molecule has 0 fully saturated rings. The number of nitrogens with zero attached hydrogens (tertiary/aromatic N) is 1. The molecule has 0 bridgehead atoms. The molecule has 0 aliphatic rings. The Morgan fingerprint density at radius 1 is 1.32 bits per heavy atom. The van der Waals surface area contributed by atoms with E-state index in [1.807, 2.05) is 0 Å². The van der Waals surface area contributed by atoms with Gasteiger partial charge in [-0.05, 0) is 37.1 Å². The van der Waals surface area contributed by atoms with Crippen molar-refractivity contribution in [3.63, 3.8) is 0 Å². The molecule has 0 radical (unpaired) electrons. The summed E-state index contributed by atoms with van der Waals surface area (Å²) in [5.41, 5.74) is 2.58. The smallest absolute Gasteiger partial charge is 0.226 e. The largest absolute Gasteiger partial charge is 0.311 e. The summed E-state index contributed by atoms with van der Waals surface area (Å²) >= 11 is 1.70. The van der Waals surface area contributed by atoms with Crippen LogP contribution in [0.3, 0.4) is 0 Å². The van der Waals surface area contributed by atoms with Crippen molar-refractivity contribution in [1.29, 1.82) is 0 Å². The molecular formula is C14H17N3OS. The van der Waals surface area contributed by atoms with Crippen molar-refractivity contribution in [3.8, 4) is 0 Å². The van der Waals surface area contributed by atoms with Crippen LogP contribution in [0.5, 0.6) is 0 Å². The number of hydrogen-bond acceptors (Lipinski definition) is 3. The summed E-state index contributed by atoms with van der Waals surface area (Å²) in [6, 6.07) is 8.10. The lowest BCUT2D eigenvalue weighted by Gasteiger charge is -2.05. The summed E-state index contributed by atoms with van der Waals surface area (Å²) in [7, 11) is 0. The van der Waals surface area contributed by atoms with E-state index in [-0.39, 0.29) is 5.91 Å². The number of thioether (sulfide) groups is 1. The monoisotopic (exact) mass is 275 g/mol. The number of rotatable bonds is 5. The first-order chi connectivity index (χ1) is 9.15. The van der Waals surface area contributed by atoms with Crippen LogP contribution in [0.15, 0.2) is 35.4 Å². The van der Waals surface area contributed by atoms with Crippen molar-refractivity contribution in [2.75, 3.05) is 11.1 Å². The fourth-order valence-corrected chi connectivity index (χ4v) is 2.55. The third-order valence-electron chi connectivity index (χ3n) is 2.85. The second-order valence-electron chi connectivity index (χ2n) is 4.36. The van der Waals surface area contributed by atoms with Crippen LogP contribution >= 0.6 is 11.8 Å². The number of aromatic amines is 1. The number of H-pyrrole nitrogens is 1. The average Bonchev–Trinajstić information content (AvgIpc) is 2.86. The molecule has 2 rings (SSSR count). The molecule has 4 nitrogen and oxygen atoms in total. The molecule has 0 saturated carbocycles. The van der Waals surface area contributed by atoms with Crippen molar-refractivity contribution >= 4 is 23.5 Å². The van der Waals surface area contributed by atoms with Gasteiger partial charge >= 0.3 is 0 Å². The molecule has 0 aliphatic heterocycles. The van der Waals surface area contributed by atoms with E-state index < -0.39 is 0 Å². The maximum atomic E-state index is 11.6. The molecular weight excluding hydrogens is 258 g/mol. The van der Waals surface area contributed by atoms with E-state index in [9.17, 15) is 4.79 Å². The molecule has 100 valence electrons. The van der Waals surface area contributed by atoms with E-state index in [1.54, 1.807) is 24.0 Å². The number of hydrogen-bond donors (Lipinski definition) is 2. The molecule has 1 amide bonds. The number of amides is 1. The molecule has 2 aromatic rings. The molecule has 2 N–H and O–H groups in total. The van der Waals surface area contributed by atoms with Crippen molar-refractivity contribution < 1.29 is 4.79 Å². The van der Waals surface area contributed by atoms with E-state index in [0.717, 1.165) is 5.75 Å². The summed E-state index contributed by atoms with van der Waals surface area (Å²) in [4.78, 5) is 12.9. The Balaban J connectivity index is 1.76. The SMILES string of the molecule is Cc1ccc(SCCC(=O)Nc2ccn[nH]2)cc1C. The minimum absolute atomic E-state index is 0.000540. The van der Waals surface area contributed by atoms with Gasteiger partial charge in [-0.1, -0.05) is 6.07 Å². The van der Waals surface area contributed by atoms with Crippen molar-refractivity contribution in [2.24, 2.45) is 0 Å².